The number of aromatic nitrogens is 3. The summed E-state index contributed by atoms with van der Waals surface area (Å²) in [7, 11) is 0. The lowest BCUT2D eigenvalue weighted by Gasteiger charge is -2.43. The fourth-order valence-electron chi connectivity index (χ4n) is 3.76. The van der Waals surface area contributed by atoms with E-state index in [2.05, 4.69) is 23.9 Å². The maximum Gasteiger partial charge on any atom is 0.157 e. The number of hydrogen-bond donors (Lipinski definition) is 1. The Labute approximate surface area is 163 Å². The monoisotopic (exact) mass is 377 g/mol. The normalized spacial score (nSPS) is 15.2. The third-order valence-corrected chi connectivity index (χ3v) is 5.33. The highest BCUT2D eigenvalue weighted by molar-refractivity contribution is 5.83. The quantitative estimate of drug-likeness (QED) is 0.640. The van der Waals surface area contributed by atoms with Crippen molar-refractivity contribution >= 4 is 6.29 Å². The van der Waals surface area contributed by atoms with Gasteiger partial charge in [0.15, 0.2) is 6.29 Å². The van der Waals surface area contributed by atoms with Crippen LogP contribution in [0.1, 0.15) is 55.1 Å². The average molecular weight is 377 g/mol. The second-order valence-electron chi connectivity index (χ2n) is 7.41. The molecule has 1 aromatic carbocycles. The van der Waals surface area contributed by atoms with Crippen molar-refractivity contribution in [1.82, 2.24) is 14.8 Å². The molecule has 4 rings (SSSR count). The van der Waals surface area contributed by atoms with Gasteiger partial charge in [-0.3, -0.25) is 14.5 Å². The summed E-state index contributed by atoms with van der Waals surface area (Å²) in [6, 6.07) is 11.0. The fourth-order valence-corrected chi connectivity index (χ4v) is 3.76. The van der Waals surface area contributed by atoms with Crippen molar-refractivity contribution in [3.05, 3.63) is 59.9 Å². The third kappa shape index (κ3) is 2.95. The molecule has 1 N–H and O–H groups in total. The van der Waals surface area contributed by atoms with Crippen LogP contribution in [0.5, 0.6) is 11.5 Å². The lowest BCUT2D eigenvalue weighted by atomic mass is 9.73. The molecule has 3 aromatic rings. The second-order valence-corrected chi connectivity index (χ2v) is 7.41. The Kier molecular flexibility index (Phi) is 4.63. The number of hydrogen-bond acceptors (Lipinski definition) is 5. The summed E-state index contributed by atoms with van der Waals surface area (Å²) in [5.74, 6) is 0.313. The van der Waals surface area contributed by atoms with Crippen molar-refractivity contribution in [1.29, 1.82) is 0 Å². The second kappa shape index (κ2) is 7.11. The molecule has 0 spiro atoms. The van der Waals surface area contributed by atoms with E-state index in [-0.39, 0.29) is 17.4 Å². The van der Waals surface area contributed by atoms with Crippen molar-refractivity contribution < 1.29 is 14.6 Å². The summed E-state index contributed by atoms with van der Waals surface area (Å²) < 4.78 is 8.35. The summed E-state index contributed by atoms with van der Waals surface area (Å²) in [4.78, 5) is 16.1. The molecule has 0 aliphatic heterocycles. The topological polar surface area (TPSA) is 77.2 Å². The maximum atomic E-state index is 11.5. The Morgan fingerprint density at radius 2 is 2.00 bits per heavy atom. The van der Waals surface area contributed by atoms with Gasteiger partial charge in [0.2, 0.25) is 0 Å². The van der Waals surface area contributed by atoms with Gasteiger partial charge in [-0.2, -0.15) is 5.10 Å². The number of benzene rings is 1. The summed E-state index contributed by atoms with van der Waals surface area (Å²) in [5.41, 5.74) is 2.34. The number of carbonyl (C=O) groups is 1. The van der Waals surface area contributed by atoms with Crippen molar-refractivity contribution in [2.24, 2.45) is 0 Å². The molecule has 144 valence electrons. The first-order valence-corrected chi connectivity index (χ1v) is 9.51. The molecule has 0 saturated heterocycles. The number of aromatic hydroxyl groups is 1. The molecular weight excluding hydrogens is 354 g/mol. The molecule has 0 radical (unpaired) electrons. The highest BCUT2D eigenvalue weighted by Gasteiger charge is 2.44. The van der Waals surface area contributed by atoms with Gasteiger partial charge in [-0.15, -0.1) is 0 Å². The highest BCUT2D eigenvalue weighted by atomic mass is 16.5. The standard InChI is InChI=1S/C22H23N3O3/c1-15(2)25-18(9-13-24-25)21-17(6-4-12-23-21)22(10-5-11-22)28-20-8-3-7-19(27)16(20)14-26/h3-4,6-9,12-15,27H,5,10-11H2,1-2H3. The largest absolute Gasteiger partial charge is 0.507 e. The predicted molar refractivity (Wildman–Crippen MR) is 105 cm³/mol. The van der Waals surface area contributed by atoms with E-state index in [1.807, 2.05) is 22.9 Å². The molecule has 1 aliphatic rings. The number of phenolic OH excluding ortho intramolecular Hbond substituents is 1. The Balaban J connectivity index is 1.81. The van der Waals surface area contributed by atoms with Gasteiger partial charge in [-0.1, -0.05) is 12.1 Å². The van der Waals surface area contributed by atoms with Gasteiger partial charge in [0.1, 0.15) is 17.1 Å². The summed E-state index contributed by atoms with van der Waals surface area (Å²) in [6.07, 6.45) is 6.84. The van der Waals surface area contributed by atoms with Gasteiger partial charge in [-0.25, -0.2) is 0 Å². The van der Waals surface area contributed by atoms with Crippen molar-refractivity contribution in [3.63, 3.8) is 0 Å². The van der Waals surface area contributed by atoms with Crippen LogP contribution in [0.4, 0.5) is 0 Å². The van der Waals surface area contributed by atoms with Gasteiger partial charge in [0.25, 0.3) is 0 Å². The first-order valence-electron chi connectivity index (χ1n) is 9.51. The van der Waals surface area contributed by atoms with E-state index < -0.39 is 5.60 Å². The Morgan fingerprint density at radius 3 is 2.68 bits per heavy atom. The van der Waals surface area contributed by atoms with Crippen molar-refractivity contribution in [2.75, 3.05) is 0 Å². The minimum Gasteiger partial charge on any atom is -0.507 e. The smallest absolute Gasteiger partial charge is 0.157 e. The zero-order valence-corrected chi connectivity index (χ0v) is 16.0. The van der Waals surface area contributed by atoms with Crippen LogP contribution in [0, 0.1) is 0 Å². The van der Waals surface area contributed by atoms with E-state index in [1.54, 1.807) is 24.5 Å². The van der Waals surface area contributed by atoms with Crippen LogP contribution in [0.25, 0.3) is 11.4 Å². The Hall–Kier alpha value is -3.15. The van der Waals surface area contributed by atoms with Gasteiger partial charge >= 0.3 is 0 Å². The molecule has 2 aromatic heterocycles. The lowest BCUT2D eigenvalue weighted by Crippen LogP contribution is -2.41. The Morgan fingerprint density at radius 1 is 1.18 bits per heavy atom. The number of carbonyl (C=O) groups excluding carboxylic acids is 1. The van der Waals surface area contributed by atoms with E-state index in [0.717, 1.165) is 36.2 Å². The van der Waals surface area contributed by atoms with E-state index >= 15 is 0 Å². The van der Waals surface area contributed by atoms with Gasteiger partial charge < -0.3 is 9.84 Å². The van der Waals surface area contributed by atoms with Crippen LogP contribution in [0.15, 0.2) is 48.8 Å². The molecule has 0 bridgehead atoms. The molecular formula is C22H23N3O3. The third-order valence-electron chi connectivity index (χ3n) is 5.33. The number of ether oxygens (including phenoxy) is 1. The van der Waals surface area contributed by atoms with E-state index in [0.29, 0.717) is 12.0 Å². The van der Waals surface area contributed by atoms with E-state index in [4.69, 9.17) is 4.74 Å². The molecule has 0 amide bonds. The van der Waals surface area contributed by atoms with Gasteiger partial charge in [-0.05, 0) is 57.4 Å². The van der Waals surface area contributed by atoms with Crippen molar-refractivity contribution in [3.8, 4) is 22.9 Å². The molecule has 1 saturated carbocycles. The summed E-state index contributed by atoms with van der Waals surface area (Å²) in [6.45, 7) is 4.16. The molecule has 0 atom stereocenters. The first-order chi connectivity index (χ1) is 13.6. The first kappa shape index (κ1) is 18.2. The molecule has 28 heavy (non-hydrogen) atoms. The van der Waals surface area contributed by atoms with Crippen LogP contribution < -0.4 is 4.74 Å². The summed E-state index contributed by atoms with van der Waals surface area (Å²) >= 11 is 0. The van der Waals surface area contributed by atoms with E-state index in [9.17, 15) is 9.90 Å². The van der Waals surface area contributed by atoms with Crippen molar-refractivity contribution in [2.45, 2.75) is 44.8 Å². The highest BCUT2D eigenvalue weighted by Crippen LogP contribution is 2.48. The van der Waals surface area contributed by atoms with Crippen LogP contribution in [-0.2, 0) is 5.60 Å². The molecule has 0 unspecified atom stereocenters. The summed E-state index contributed by atoms with van der Waals surface area (Å²) in [5, 5.41) is 14.5. The number of rotatable bonds is 6. The number of phenols is 1. The minimum absolute atomic E-state index is 0.0775. The zero-order chi connectivity index (χ0) is 19.7. The molecule has 1 fully saturated rings. The number of aldehydes is 1. The molecule has 6 nitrogen and oxygen atoms in total. The van der Waals surface area contributed by atoms with Crippen LogP contribution in [0.3, 0.4) is 0 Å². The SMILES string of the molecule is CC(C)n1nccc1-c1ncccc1C1(Oc2cccc(O)c2C=O)CCC1. The molecule has 1 aliphatic carbocycles. The lowest BCUT2D eigenvalue weighted by molar-refractivity contribution is -0.0124. The van der Waals surface area contributed by atoms with Crippen LogP contribution in [0.2, 0.25) is 0 Å². The van der Waals surface area contributed by atoms with Gasteiger partial charge in [0.05, 0.1) is 17.0 Å². The fraction of sp³-hybridized carbons (Fsp3) is 0.318. The maximum absolute atomic E-state index is 11.5. The number of nitrogens with zero attached hydrogens (tertiary/aromatic N) is 3. The Bertz CT molecular complexity index is 1010. The molecule has 2 heterocycles. The minimum atomic E-state index is -0.582. The number of pyridine rings is 1. The average Bonchev–Trinajstić information content (AvgIpc) is 3.15. The van der Waals surface area contributed by atoms with Crippen LogP contribution >= 0.6 is 0 Å². The zero-order valence-electron chi connectivity index (χ0n) is 16.0. The molecule has 6 heteroatoms. The van der Waals surface area contributed by atoms with E-state index in [1.165, 1.54) is 6.07 Å². The predicted octanol–water partition coefficient (Wildman–Crippen LogP) is 4.50. The van der Waals surface area contributed by atoms with Crippen LogP contribution in [-0.4, -0.2) is 26.2 Å². The van der Waals surface area contributed by atoms with Gasteiger partial charge in [0, 0.05) is 24.0 Å².